The van der Waals surface area contributed by atoms with Gasteiger partial charge in [-0.05, 0) is 24.1 Å². The first-order valence-electron chi connectivity index (χ1n) is 7.81. The molecule has 0 aromatic heterocycles. The fourth-order valence-corrected chi connectivity index (χ4v) is 3.12. The Labute approximate surface area is 143 Å². The fourth-order valence-electron chi connectivity index (χ4n) is 3.12. The Morgan fingerprint density at radius 3 is 2.40 bits per heavy atom. The van der Waals surface area contributed by atoms with Gasteiger partial charge in [-0.15, -0.1) is 0 Å². The molecule has 0 aliphatic carbocycles. The maximum Gasteiger partial charge on any atom is 0.421 e. The fraction of sp³-hybridized carbons (Fsp3) is 0.375. The summed E-state index contributed by atoms with van der Waals surface area (Å²) in [7, 11) is 0. The molecule has 1 atom stereocenters. The second-order valence-electron chi connectivity index (χ2n) is 5.86. The summed E-state index contributed by atoms with van der Waals surface area (Å²) in [6, 6.07) is 5.42. The van der Waals surface area contributed by atoms with E-state index in [0.717, 1.165) is 0 Å². The predicted molar refractivity (Wildman–Crippen MR) is 84.7 cm³/mol. The number of benzene rings is 1. The summed E-state index contributed by atoms with van der Waals surface area (Å²) in [6.07, 6.45) is -1.61. The van der Waals surface area contributed by atoms with Gasteiger partial charge in [-0.2, -0.15) is 4.90 Å². The van der Waals surface area contributed by atoms with Crippen molar-refractivity contribution in [2.24, 2.45) is 0 Å². The molecule has 2 aliphatic rings. The van der Waals surface area contributed by atoms with Crippen molar-refractivity contribution in [1.29, 1.82) is 0 Å². The van der Waals surface area contributed by atoms with Crippen LogP contribution in [-0.2, 0) is 16.2 Å². The van der Waals surface area contributed by atoms with E-state index in [1.165, 1.54) is 9.80 Å². The molecule has 9 heteroatoms. The Kier molecular flexibility index (Phi) is 4.41. The van der Waals surface area contributed by atoms with E-state index in [1.807, 2.05) is 0 Å². The Bertz CT molecular complexity index is 732. The van der Waals surface area contributed by atoms with Crippen LogP contribution in [0.1, 0.15) is 18.4 Å². The monoisotopic (exact) mass is 347 g/mol. The predicted octanol–water partition coefficient (Wildman–Crippen LogP) is 0.616. The Hall–Kier alpha value is -2.94. The van der Waals surface area contributed by atoms with Crippen molar-refractivity contribution in [2.75, 3.05) is 18.0 Å². The minimum Gasteiger partial charge on any atom is -0.464 e. The van der Waals surface area contributed by atoms with Gasteiger partial charge in [0, 0.05) is 25.2 Å². The summed E-state index contributed by atoms with van der Waals surface area (Å²) in [4.78, 5) is 50.7. The number of carboxylic acid groups (broad SMARTS) is 1. The maximum atomic E-state index is 12.7. The molecule has 2 N–H and O–H groups in total. The standard InChI is InChI=1S/C16H17N3O6/c20-9-10-1-3-11(4-2-10)17-7-8-18(15(17)23)12-5-6-13(21)19(14(12)22)16(24)25/h1-4,12,20H,5-9H2,(H,24,25). The number of piperidine rings is 1. The van der Waals surface area contributed by atoms with Crippen LogP contribution in [0.25, 0.3) is 0 Å². The van der Waals surface area contributed by atoms with E-state index >= 15 is 0 Å². The molecule has 1 unspecified atom stereocenters. The van der Waals surface area contributed by atoms with Gasteiger partial charge >= 0.3 is 12.1 Å². The van der Waals surface area contributed by atoms with Crippen LogP contribution >= 0.6 is 0 Å². The van der Waals surface area contributed by atoms with Crippen LogP contribution in [0.5, 0.6) is 0 Å². The molecule has 5 amide bonds. The summed E-state index contributed by atoms with van der Waals surface area (Å²) >= 11 is 0. The van der Waals surface area contributed by atoms with Gasteiger partial charge in [-0.3, -0.25) is 14.5 Å². The van der Waals surface area contributed by atoms with E-state index in [4.69, 9.17) is 10.2 Å². The molecular weight excluding hydrogens is 330 g/mol. The number of aliphatic hydroxyl groups excluding tert-OH is 1. The zero-order valence-corrected chi connectivity index (χ0v) is 13.3. The molecule has 0 spiro atoms. The zero-order chi connectivity index (χ0) is 18.1. The van der Waals surface area contributed by atoms with E-state index < -0.39 is 30.0 Å². The van der Waals surface area contributed by atoms with Gasteiger partial charge in [-0.25, -0.2) is 9.59 Å². The van der Waals surface area contributed by atoms with Crippen molar-refractivity contribution in [2.45, 2.75) is 25.5 Å². The van der Waals surface area contributed by atoms with Crippen LogP contribution in [0.15, 0.2) is 24.3 Å². The van der Waals surface area contributed by atoms with E-state index in [1.54, 1.807) is 24.3 Å². The highest BCUT2D eigenvalue weighted by Gasteiger charge is 2.45. The Morgan fingerprint density at radius 2 is 1.80 bits per heavy atom. The number of aliphatic hydroxyl groups is 1. The van der Waals surface area contributed by atoms with E-state index in [2.05, 4.69) is 0 Å². The zero-order valence-electron chi connectivity index (χ0n) is 13.3. The highest BCUT2D eigenvalue weighted by atomic mass is 16.4. The number of carbonyl (C=O) groups excluding carboxylic acids is 3. The number of anilines is 1. The Morgan fingerprint density at radius 1 is 1.12 bits per heavy atom. The average Bonchev–Trinajstić information content (AvgIpc) is 2.96. The van der Waals surface area contributed by atoms with Crippen molar-refractivity contribution >= 4 is 29.6 Å². The van der Waals surface area contributed by atoms with Gasteiger partial charge in [-0.1, -0.05) is 12.1 Å². The minimum absolute atomic E-state index is 0.0995. The molecule has 0 bridgehead atoms. The second kappa shape index (κ2) is 6.52. The van der Waals surface area contributed by atoms with Gasteiger partial charge < -0.3 is 15.1 Å². The number of carbonyl (C=O) groups is 4. The van der Waals surface area contributed by atoms with E-state index in [-0.39, 0.29) is 30.9 Å². The number of imide groups is 3. The number of rotatable bonds is 3. The third kappa shape index (κ3) is 2.93. The van der Waals surface area contributed by atoms with Crippen LogP contribution < -0.4 is 4.90 Å². The van der Waals surface area contributed by atoms with E-state index in [9.17, 15) is 19.2 Å². The molecule has 2 saturated heterocycles. The number of urea groups is 1. The molecule has 25 heavy (non-hydrogen) atoms. The molecule has 0 saturated carbocycles. The number of amides is 5. The summed E-state index contributed by atoms with van der Waals surface area (Å²) in [5.41, 5.74) is 1.34. The largest absolute Gasteiger partial charge is 0.464 e. The average molecular weight is 347 g/mol. The summed E-state index contributed by atoms with van der Waals surface area (Å²) < 4.78 is 0. The molecular formula is C16H17N3O6. The number of likely N-dealkylation sites (tertiary alicyclic amines) is 1. The maximum absolute atomic E-state index is 12.7. The van der Waals surface area contributed by atoms with Crippen molar-refractivity contribution in [3.63, 3.8) is 0 Å². The first kappa shape index (κ1) is 16.9. The van der Waals surface area contributed by atoms with Crippen molar-refractivity contribution < 1.29 is 29.4 Å². The first-order valence-corrected chi connectivity index (χ1v) is 7.81. The quantitative estimate of drug-likeness (QED) is 0.774. The molecule has 132 valence electrons. The molecule has 2 heterocycles. The smallest absolute Gasteiger partial charge is 0.421 e. The summed E-state index contributed by atoms with van der Waals surface area (Å²) in [5, 5.41) is 18.1. The van der Waals surface area contributed by atoms with Gasteiger partial charge in [0.1, 0.15) is 6.04 Å². The molecule has 1 aromatic rings. The molecule has 9 nitrogen and oxygen atoms in total. The molecule has 2 aliphatic heterocycles. The van der Waals surface area contributed by atoms with Crippen LogP contribution in [-0.4, -0.2) is 63.1 Å². The highest BCUT2D eigenvalue weighted by molar-refractivity contribution is 6.12. The first-order chi connectivity index (χ1) is 11.9. The lowest BCUT2D eigenvalue weighted by Gasteiger charge is -2.32. The SMILES string of the molecule is O=C(O)N1C(=O)CCC(N2CCN(c3ccc(CO)cc3)C2=O)C1=O. The van der Waals surface area contributed by atoms with Gasteiger partial charge in [0.2, 0.25) is 5.91 Å². The second-order valence-corrected chi connectivity index (χ2v) is 5.86. The number of hydrogen-bond acceptors (Lipinski definition) is 5. The van der Waals surface area contributed by atoms with Crippen molar-refractivity contribution in [1.82, 2.24) is 9.80 Å². The molecule has 1 aromatic carbocycles. The molecule has 2 fully saturated rings. The van der Waals surface area contributed by atoms with Crippen LogP contribution in [0.4, 0.5) is 15.3 Å². The van der Waals surface area contributed by atoms with Crippen LogP contribution in [0.3, 0.4) is 0 Å². The molecule has 3 rings (SSSR count). The van der Waals surface area contributed by atoms with Crippen LogP contribution in [0.2, 0.25) is 0 Å². The number of nitrogens with zero attached hydrogens (tertiary/aromatic N) is 3. The van der Waals surface area contributed by atoms with E-state index in [0.29, 0.717) is 17.8 Å². The lowest BCUT2D eigenvalue weighted by atomic mass is 10.0. The Balaban J connectivity index is 1.78. The highest BCUT2D eigenvalue weighted by Crippen LogP contribution is 2.26. The third-order valence-corrected chi connectivity index (χ3v) is 4.43. The molecule has 0 radical (unpaired) electrons. The third-order valence-electron chi connectivity index (χ3n) is 4.43. The van der Waals surface area contributed by atoms with Crippen molar-refractivity contribution in [3.05, 3.63) is 29.8 Å². The lowest BCUT2D eigenvalue weighted by Crippen LogP contribution is -2.56. The lowest BCUT2D eigenvalue weighted by molar-refractivity contribution is -0.148. The summed E-state index contributed by atoms with van der Waals surface area (Å²) in [5.74, 6) is -1.65. The normalized spacial score (nSPS) is 21.2. The minimum atomic E-state index is -1.62. The van der Waals surface area contributed by atoms with Crippen LogP contribution in [0, 0.1) is 0 Å². The number of hydrogen-bond donors (Lipinski definition) is 2. The van der Waals surface area contributed by atoms with Gasteiger partial charge in [0.25, 0.3) is 5.91 Å². The van der Waals surface area contributed by atoms with Crippen molar-refractivity contribution in [3.8, 4) is 0 Å². The van der Waals surface area contributed by atoms with Gasteiger partial charge in [0.15, 0.2) is 0 Å². The van der Waals surface area contributed by atoms with Gasteiger partial charge in [0.05, 0.1) is 6.61 Å². The topological polar surface area (TPSA) is 118 Å². The summed E-state index contributed by atoms with van der Waals surface area (Å²) in [6.45, 7) is 0.511.